The summed E-state index contributed by atoms with van der Waals surface area (Å²) in [6.07, 6.45) is 5.35. The van der Waals surface area contributed by atoms with Gasteiger partial charge in [0.15, 0.2) is 11.5 Å². The molecule has 194 valence electrons. The monoisotopic (exact) mass is 548 g/mol. The van der Waals surface area contributed by atoms with Gasteiger partial charge in [-0.2, -0.15) is 0 Å². The van der Waals surface area contributed by atoms with Gasteiger partial charge in [-0.15, -0.1) is 0 Å². The third-order valence-electron chi connectivity index (χ3n) is 6.00. The Bertz CT molecular complexity index is 1600. The molecule has 0 unspecified atom stereocenters. The largest absolute Gasteiger partial charge is 0.493 e. The molecule has 0 saturated carbocycles. The fraction of sp³-hybridized carbons (Fsp3) is 0.185. The van der Waals surface area contributed by atoms with Crippen LogP contribution in [0.1, 0.15) is 16.9 Å². The van der Waals surface area contributed by atoms with Crippen LogP contribution in [0, 0.1) is 0 Å². The molecule has 1 fully saturated rings. The van der Waals surface area contributed by atoms with Crippen molar-refractivity contribution in [3.05, 3.63) is 93.1 Å². The molecule has 4 heterocycles. The average molecular weight is 549 g/mol. The van der Waals surface area contributed by atoms with Crippen molar-refractivity contribution in [3.63, 3.8) is 0 Å². The van der Waals surface area contributed by atoms with Crippen molar-refractivity contribution in [2.24, 2.45) is 0 Å². The number of anilines is 1. The highest BCUT2D eigenvalue weighted by Gasteiger charge is 2.32. The lowest BCUT2D eigenvalue weighted by Gasteiger charge is -2.15. The minimum atomic E-state index is -0.298. The number of rotatable bonds is 9. The van der Waals surface area contributed by atoms with Crippen LogP contribution in [0.4, 0.5) is 5.82 Å². The number of hydrogen-bond acceptors (Lipinski definition) is 9. The number of thioether (sulfide) groups is 1. The molecule has 1 saturated heterocycles. The van der Waals surface area contributed by atoms with Gasteiger partial charge in [0, 0.05) is 12.7 Å². The maximum atomic E-state index is 13.4. The van der Waals surface area contributed by atoms with Crippen LogP contribution in [-0.4, -0.2) is 45.3 Å². The smallest absolute Gasteiger partial charge is 0.267 e. The second-order valence-corrected chi connectivity index (χ2v) is 9.99. The number of ether oxygens (including phenoxy) is 2. The number of pyridine rings is 1. The van der Waals surface area contributed by atoms with Gasteiger partial charge in [-0.05, 0) is 54.5 Å². The maximum absolute atomic E-state index is 13.4. The molecular formula is C27H24N4O5S2. The van der Waals surface area contributed by atoms with E-state index in [4.69, 9.17) is 26.1 Å². The molecule has 1 amide bonds. The molecule has 0 bridgehead atoms. The first kappa shape index (κ1) is 25.6. The number of thiocarbonyl (C=S) groups is 1. The van der Waals surface area contributed by atoms with Gasteiger partial charge in [0.1, 0.15) is 21.5 Å². The first-order valence-corrected chi connectivity index (χ1v) is 12.9. The summed E-state index contributed by atoms with van der Waals surface area (Å²) >= 11 is 6.68. The van der Waals surface area contributed by atoms with Crippen molar-refractivity contribution in [1.29, 1.82) is 0 Å². The van der Waals surface area contributed by atoms with Crippen LogP contribution in [0.2, 0.25) is 0 Å². The predicted octanol–water partition coefficient (Wildman–Crippen LogP) is 4.36. The van der Waals surface area contributed by atoms with E-state index in [1.807, 2.05) is 24.3 Å². The number of carbonyl (C=O) groups excluding carboxylic acids is 1. The van der Waals surface area contributed by atoms with Crippen LogP contribution >= 0.6 is 24.0 Å². The predicted molar refractivity (Wildman–Crippen MR) is 151 cm³/mol. The third kappa shape index (κ3) is 5.15. The minimum absolute atomic E-state index is 0.255. The highest BCUT2D eigenvalue weighted by atomic mass is 32.2. The van der Waals surface area contributed by atoms with Gasteiger partial charge in [-0.3, -0.25) is 18.9 Å². The van der Waals surface area contributed by atoms with E-state index < -0.39 is 0 Å². The average Bonchev–Trinajstić information content (AvgIpc) is 3.55. The molecule has 0 spiro atoms. The second kappa shape index (κ2) is 11.1. The van der Waals surface area contributed by atoms with Crippen molar-refractivity contribution in [1.82, 2.24) is 14.3 Å². The summed E-state index contributed by atoms with van der Waals surface area (Å²) in [5.41, 5.74) is 1.43. The molecule has 0 aliphatic carbocycles. The van der Waals surface area contributed by atoms with Crippen molar-refractivity contribution >= 4 is 51.7 Å². The number of hydrogen-bond donors (Lipinski definition) is 1. The summed E-state index contributed by atoms with van der Waals surface area (Å²) < 4.78 is 17.9. The van der Waals surface area contributed by atoms with Crippen LogP contribution < -0.4 is 20.3 Å². The number of methoxy groups -OCH3 is 2. The Labute approximate surface area is 228 Å². The summed E-state index contributed by atoms with van der Waals surface area (Å²) in [5, 5.41) is 3.17. The molecule has 1 aliphatic heterocycles. The van der Waals surface area contributed by atoms with Gasteiger partial charge in [0.2, 0.25) is 0 Å². The summed E-state index contributed by atoms with van der Waals surface area (Å²) in [5.74, 6) is 2.04. The van der Waals surface area contributed by atoms with Crippen LogP contribution in [0.15, 0.2) is 75.1 Å². The minimum Gasteiger partial charge on any atom is -0.493 e. The number of nitrogens with zero attached hydrogens (tertiary/aromatic N) is 3. The molecule has 0 radical (unpaired) electrons. The van der Waals surface area contributed by atoms with Crippen LogP contribution in [0.5, 0.6) is 11.5 Å². The lowest BCUT2D eigenvalue weighted by molar-refractivity contribution is -0.122. The van der Waals surface area contributed by atoms with E-state index in [-0.39, 0.29) is 17.0 Å². The second-order valence-electron chi connectivity index (χ2n) is 8.31. The fourth-order valence-electron chi connectivity index (χ4n) is 4.05. The molecule has 1 N–H and O–H groups in total. The fourth-order valence-corrected chi connectivity index (χ4v) is 5.34. The Morgan fingerprint density at radius 3 is 2.71 bits per heavy atom. The first-order chi connectivity index (χ1) is 18.5. The first-order valence-electron chi connectivity index (χ1n) is 11.7. The Morgan fingerprint density at radius 1 is 1.11 bits per heavy atom. The van der Waals surface area contributed by atoms with Crippen molar-refractivity contribution in [3.8, 4) is 11.5 Å². The van der Waals surface area contributed by atoms with Crippen molar-refractivity contribution < 1.29 is 18.7 Å². The number of amides is 1. The van der Waals surface area contributed by atoms with Gasteiger partial charge in [-0.1, -0.05) is 36.1 Å². The van der Waals surface area contributed by atoms with E-state index in [9.17, 15) is 9.59 Å². The zero-order chi connectivity index (χ0) is 26.6. The van der Waals surface area contributed by atoms with Gasteiger partial charge in [0.25, 0.3) is 11.5 Å². The van der Waals surface area contributed by atoms with E-state index in [1.54, 1.807) is 61.9 Å². The topological polar surface area (TPSA) is 98.3 Å². The molecule has 4 aromatic rings. The summed E-state index contributed by atoms with van der Waals surface area (Å²) in [4.78, 5) is 33.3. The van der Waals surface area contributed by atoms with Crippen LogP contribution in [0.3, 0.4) is 0 Å². The molecule has 5 rings (SSSR count). The normalized spacial score (nSPS) is 14.5. The zero-order valence-electron chi connectivity index (χ0n) is 20.7. The summed E-state index contributed by atoms with van der Waals surface area (Å²) in [7, 11) is 3.16. The standard InChI is InChI=1S/C27H24N4O5S2/c1-34-20-9-8-17(14-21(20)35-2)10-12-31-26(33)22(38-27(31)37)15-19-24(28-16-18-6-5-13-36-18)29-23-7-3-4-11-30(23)25(19)32/h3-9,11,13-15,28H,10,12,16H2,1-2H3. The Balaban J connectivity index is 1.41. The maximum Gasteiger partial charge on any atom is 0.267 e. The highest BCUT2D eigenvalue weighted by molar-refractivity contribution is 8.26. The number of furan rings is 1. The molecule has 3 aromatic heterocycles. The Morgan fingerprint density at radius 2 is 1.95 bits per heavy atom. The van der Waals surface area contributed by atoms with Gasteiger partial charge < -0.3 is 19.2 Å². The number of aromatic nitrogens is 2. The van der Waals surface area contributed by atoms with E-state index in [0.29, 0.717) is 57.5 Å². The van der Waals surface area contributed by atoms with E-state index in [0.717, 1.165) is 5.56 Å². The summed E-state index contributed by atoms with van der Waals surface area (Å²) in [6, 6.07) is 14.5. The van der Waals surface area contributed by atoms with E-state index in [1.165, 1.54) is 16.2 Å². The van der Waals surface area contributed by atoms with Gasteiger partial charge >= 0.3 is 0 Å². The zero-order valence-corrected chi connectivity index (χ0v) is 22.3. The van der Waals surface area contributed by atoms with Crippen LogP contribution in [-0.2, 0) is 17.8 Å². The molecule has 11 heteroatoms. The molecule has 9 nitrogen and oxygen atoms in total. The van der Waals surface area contributed by atoms with E-state index >= 15 is 0 Å². The molecule has 38 heavy (non-hydrogen) atoms. The SMILES string of the molecule is COc1ccc(CCN2C(=O)C(=Cc3c(NCc4ccco4)nc4ccccn4c3=O)SC2=S)cc1OC. The number of benzene rings is 1. The van der Waals surface area contributed by atoms with Gasteiger partial charge in [-0.25, -0.2) is 4.98 Å². The molecule has 1 aliphatic rings. The molecule has 0 atom stereocenters. The number of nitrogens with one attached hydrogen (secondary N) is 1. The quantitative estimate of drug-likeness (QED) is 0.242. The highest BCUT2D eigenvalue weighted by Crippen LogP contribution is 2.34. The Kier molecular flexibility index (Phi) is 7.47. The lowest BCUT2D eigenvalue weighted by Crippen LogP contribution is -2.30. The van der Waals surface area contributed by atoms with Crippen molar-refractivity contribution in [2.75, 3.05) is 26.1 Å². The van der Waals surface area contributed by atoms with Crippen LogP contribution in [0.25, 0.3) is 11.7 Å². The van der Waals surface area contributed by atoms with E-state index in [2.05, 4.69) is 10.3 Å². The van der Waals surface area contributed by atoms with Crippen molar-refractivity contribution in [2.45, 2.75) is 13.0 Å². The number of fused-ring (bicyclic) bond motifs is 1. The van der Waals surface area contributed by atoms with Gasteiger partial charge in [0.05, 0.1) is 37.5 Å². The summed E-state index contributed by atoms with van der Waals surface area (Å²) in [6.45, 7) is 0.714. The lowest BCUT2D eigenvalue weighted by atomic mass is 10.1. The number of carbonyl (C=O) groups is 1. The molecule has 1 aromatic carbocycles. The third-order valence-corrected chi connectivity index (χ3v) is 7.38. The Hall–Kier alpha value is -4.09. The molecular weight excluding hydrogens is 524 g/mol.